The second kappa shape index (κ2) is 11.2. The van der Waals surface area contributed by atoms with Gasteiger partial charge in [0, 0.05) is 38.6 Å². The number of nitrogens with zero attached hydrogens (tertiary/aromatic N) is 1. The van der Waals surface area contributed by atoms with Crippen molar-refractivity contribution in [2.45, 2.75) is 0 Å². The van der Waals surface area contributed by atoms with Gasteiger partial charge in [-0.05, 0) is 24.3 Å². The lowest BCUT2D eigenvalue weighted by Crippen LogP contribution is -2.31. The van der Waals surface area contributed by atoms with E-state index in [1.54, 1.807) is 26.4 Å². The van der Waals surface area contributed by atoms with Crippen molar-refractivity contribution in [3.8, 4) is 0 Å². The summed E-state index contributed by atoms with van der Waals surface area (Å²) in [7, 11) is 3.18. The van der Waals surface area contributed by atoms with Crippen molar-refractivity contribution >= 4 is 12.0 Å². The van der Waals surface area contributed by atoms with Gasteiger partial charge in [-0.3, -0.25) is 4.79 Å². The van der Waals surface area contributed by atoms with Crippen LogP contribution in [0.25, 0.3) is 0 Å². The van der Waals surface area contributed by atoms with Crippen LogP contribution in [0, 0.1) is 0 Å². The molecule has 0 radical (unpaired) electrons. The molecule has 1 aromatic carbocycles. The molecule has 0 saturated heterocycles. The average Bonchev–Trinajstić information content (AvgIpc) is 2.53. The standard InChI is InChI=1S/C15H23NO5/c1-18-12-20-9-7-16(8-10-21-13-19-2)15-5-3-14(11-17)4-6-15/h3-6,11H,7-10,12-13H2,1-2H3. The van der Waals surface area contributed by atoms with E-state index in [1.807, 2.05) is 12.1 Å². The van der Waals surface area contributed by atoms with Crippen molar-refractivity contribution < 1.29 is 23.7 Å². The van der Waals surface area contributed by atoms with Crippen LogP contribution < -0.4 is 4.90 Å². The molecule has 0 aromatic heterocycles. The number of carbonyl (C=O) groups is 1. The van der Waals surface area contributed by atoms with Crippen LogP contribution >= 0.6 is 0 Å². The van der Waals surface area contributed by atoms with Crippen molar-refractivity contribution in [1.29, 1.82) is 0 Å². The predicted molar refractivity (Wildman–Crippen MR) is 79.7 cm³/mol. The lowest BCUT2D eigenvalue weighted by molar-refractivity contribution is -0.0320. The maximum atomic E-state index is 10.7. The summed E-state index contributed by atoms with van der Waals surface area (Å²) in [5.74, 6) is 0. The normalized spacial score (nSPS) is 10.6. The number of carbonyl (C=O) groups excluding carboxylic acids is 1. The minimum Gasteiger partial charge on any atom is -0.367 e. The van der Waals surface area contributed by atoms with Crippen LogP contribution in [0.2, 0.25) is 0 Å². The second-order valence-electron chi connectivity index (χ2n) is 4.33. The molecule has 6 heteroatoms. The van der Waals surface area contributed by atoms with Gasteiger partial charge in [0.05, 0.1) is 13.2 Å². The monoisotopic (exact) mass is 297 g/mol. The van der Waals surface area contributed by atoms with Crippen molar-refractivity contribution in [3.63, 3.8) is 0 Å². The molecular formula is C15H23NO5. The zero-order valence-electron chi connectivity index (χ0n) is 12.6. The fourth-order valence-corrected chi connectivity index (χ4v) is 1.77. The number of hydrogen-bond acceptors (Lipinski definition) is 6. The molecule has 0 amide bonds. The molecule has 1 aromatic rings. The van der Waals surface area contributed by atoms with E-state index in [2.05, 4.69) is 4.90 Å². The van der Waals surface area contributed by atoms with E-state index in [-0.39, 0.29) is 13.6 Å². The van der Waals surface area contributed by atoms with Crippen molar-refractivity contribution in [3.05, 3.63) is 29.8 Å². The van der Waals surface area contributed by atoms with E-state index in [4.69, 9.17) is 18.9 Å². The summed E-state index contributed by atoms with van der Waals surface area (Å²) in [6, 6.07) is 7.41. The number of benzene rings is 1. The number of methoxy groups -OCH3 is 2. The molecule has 0 aliphatic rings. The van der Waals surface area contributed by atoms with Crippen LogP contribution in [0.3, 0.4) is 0 Å². The number of anilines is 1. The molecule has 21 heavy (non-hydrogen) atoms. The molecule has 118 valence electrons. The molecule has 0 saturated carbocycles. The second-order valence-corrected chi connectivity index (χ2v) is 4.33. The van der Waals surface area contributed by atoms with Crippen molar-refractivity contribution in [2.24, 2.45) is 0 Å². The van der Waals surface area contributed by atoms with E-state index in [1.165, 1.54) is 0 Å². The molecule has 0 aliphatic carbocycles. The Kier molecular flexibility index (Phi) is 9.39. The fourth-order valence-electron chi connectivity index (χ4n) is 1.77. The first-order valence-electron chi connectivity index (χ1n) is 6.75. The summed E-state index contributed by atoms with van der Waals surface area (Å²) < 4.78 is 20.3. The number of hydrogen-bond donors (Lipinski definition) is 0. The lowest BCUT2D eigenvalue weighted by atomic mass is 10.2. The minimum atomic E-state index is 0.276. The zero-order chi connectivity index (χ0) is 15.3. The van der Waals surface area contributed by atoms with Gasteiger partial charge in [0.25, 0.3) is 0 Å². The number of aldehydes is 1. The zero-order valence-corrected chi connectivity index (χ0v) is 12.6. The highest BCUT2D eigenvalue weighted by Crippen LogP contribution is 2.14. The summed E-state index contributed by atoms with van der Waals surface area (Å²) in [5, 5.41) is 0. The first-order valence-corrected chi connectivity index (χ1v) is 6.75. The molecule has 0 unspecified atom stereocenters. The third kappa shape index (κ3) is 7.19. The molecular weight excluding hydrogens is 274 g/mol. The molecule has 0 fully saturated rings. The largest absolute Gasteiger partial charge is 0.367 e. The summed E-state index contributed by atoms with van der Waals surface area (Å²) in [4.78, 5) is 12.8. The molecule has 1 rings (SSSR count). The predicted octanol–water partition coefficient (Wildman–Crippen LogP) is 1.55. The Bertz CT molecular complexity index is 370. The van der Waals surface area contributed by atoms with Gasteiger partial charge in [-0.15, -0.1) is 0 Å². The topological polar surface area (TPSA) is 57.2 Å². The highest BCUT2D eigenvalue weighted by molar-refractivity contribution is 5.75. The van der Waals surface area contributed by atoms with Gasteiger partial charge >= 0.3 is 0 Å². The number of ether oxygens (including phenoxy) is 4. The van der Waals surface area contributed by atoms with Crippen LogP contribution in [-0.2, 0) is 18.9 Å². The molecule has 0 spiro atoms. The first-order chi connectivity index (χ1) is 10.3. The molecule has 0 bridgehead atoms. The highest BCUT2D eigenvalue weighted by atomic mass is 16.7. The van der Waals surface area contributed by atoms with Crippen LogP contribution in [0.1, 0.15) is 10.4 Å². The Labute approximate surface area is 125 Å². The molecule has 0 atom stereocenters. The Morgan fingerprint density at radius 2 is 1.48 bits per heavy atom. The van der Waals surface area contributed by atoms with Gasteiger partial charge in [0.15, 0.2) is 0 Å². The van der Waals surface area contributed by atoms with Crippen LogP contribution in [-0.4, -0.2) is 60.4 Å². The fraction of sp³-hybridized carbons (Fsp3) is 0.533. The summed E-state index contributed by atoms with van der Waals surface area (Å²) in [6.07, 6.45) is 0.831. The smallest absolute Gasteiger partial charge is 0.150 e. The molecule has 0 heterocycles. The quantitative estimate of drug-likeness (QED) is 0.331. The van der Waals surface area contributed by atoms with E-state index >= 15 is 0 Å². The van der Waals surface area contributed by atoms with Crippen molar-refractivity contribution in [2.75, 3.05) is 59.0 Å². The lowest BCUT2D eigenvalue weighted by Gasteiger charge is -2.24. The minimum absolute atomic E-state index is 0.276. The average molecular weight is 297 g/mol. The van der Waals surface area contributed by atoms with Gasteiger partial charge in [-0.2, -0.15) is 0 Å². The third-order valence-electron chi connectivity index (χ3n) is 2.81. The van der Waals surface area contributed by atoms with E-state index in [0.717, 1.165) is 12.0 Å². The van der Waals surface area contributed by atoms with E-state index in [9.17, 15) is 4.79 Å². The van der Waals surface area contributed by atoms with Crippen LogP contribution in [0.5, 0.6) is 0 Å². The van der Waals surface area contributed by atoms with Gasteiger partial charge in [0.1, 0.15) is 19.9 Å². The maximum absolute atomic E-state index is 10.7. The summed E-state index contributed by atoms with van der Waals surface area (Å²) in [5.41, 5.74) is 1.67. The Morgan fingerprint density at radius 3 is 1.90 bits per heavy atom. The van der Waals surface area contributed by atoms with Crippen LogP contribution in [0.15, 0.2) is 24.3 Å². The Hall–Kier alpha value is -1.47. The van der Waals surface area contributed by atoms with Crippen LogP contribution in [0.4, 0.5) is 5.69 Å². The van der Waals surface area contributed by atoms with Gasteiger partial charge in [0.2, 0.25) is 0 Å². The SMILES string of the molecule is COCOCCN(CCOCOC)c1ccc(C=O)cc1. The highest BCUT2D eigenvalue weighted by Gasteiger charge is 2.06. The van der Waals surface area contributed by atoms with Gasteiger partial charge in [-0.1, -0.05) is 0 Å². The van der Waals surface area contributed by atoms with Crippen molar-refractivity contribution in [1.82, 2.24) is 0 Å². The van der Waals surface area contributed by atoms with Gasteiger partial charge < -0.3 is 23.8 Å². The molecule has 6 nitrogen and oxygen atoms in total. The number of rotatable bonds is 12. The van der Waals surface area contributed by atoms with E-state index in [0.29, 0.717) is 31.9 Å². The van der Waals surface area contributed by atoms with E-state index < -0.39 is 0 Å². The maximum Gasteiger partial charge on any atom is 0.150 e. The summed E-state index contributed by atoms with van der Waals surface area (Å²) >= 11 is 0. The molecule has 0 N–H and O–H groups in total. The first kappa shape index (κ1) is 17.6. The Balaban J connectivity index is 2.53. The third-order valence-corrected chi connectivity index (χ3v) is 2.81. The van der Waals surface area contributed by atoms with Gasteiger partial charge in [-0.25, -0.2) is 0 Å². The summed E-state index contributed by atoms with van der Waals surface area (Å²) in [6.45, 7) is 3.07. The Morgan fingerprint density at radius 1 is 0.952 bits per heavy atom. The molecule has 0 aliphatic heterocycles.